The van der Waals surface area contributed by atoms with Gasteiger partial charge in [-0.15, -0.1) is 0 Å². The Hall–Kier alpha value is -4.95. The number of aliphatic hydroxyl groups is 1. The summed E-state index contributed by atoms with van der Waals surface area (Å²) < 4.78 is 30.3. The predicted molar refractivity (Wildman–Crippen MR) is 169 cm³/mol. The van der Waals surface area contributed by atoms with Crippen molar-refractivity contribution in [3.8, 4) is 11.1 Å². The van der Waals surface area contributed by atoms with E-state index in [9.17, 15) is 23.1 Å². The number of Topliss-reactive ketones (excluding diaryl/α,β-unsaturated/α-hetero) is 1. The van der Waals surface area contributed by atoms with E-state index < -0.39 is 33.8 Å². The minimum atomic E-state index is -4.13. The van der Waals surface area contributed by atoms with Crippen molar-refractivity contribution in [1.29, 1.82) is 0 Å². The molecular weight excluding hydrogens is 572 g/mol. The molecule has 0 spiro atoms. The van der Waals surface area contributed by atoms with Gasteiger partial charge in [0.2, 0.25) is 0 Å². The Kier molecular flexibility index (Phi) is 6.37. The molecule has 2 aliphatic rings. The molecule has 2 atom stereocenters. The molecule has 8 heteroatoms. The van der Waals surface area contributed by atoms with Crippen LogP contribution in [0.4, 0.5) is 0 Å². The summed E-state index contributed by atoms with van der Waals surface area (Å²) in [5.74, 6) is -1.41. The maximum atomic E-state index is 14.5. The highest BCUT2D eigenvalue weighted by molar-refractivity contribution is 7.90. The van der Waals surface area contributed by atoms with Crippen LogP contribution < -0.4 is 0 Å². The average molecular weight is 603 g/mol. The predicted octanol–water partition coefficient (Wildman–Crippen LogP) is 6.42. The second-order valence-electron chi connectivity index (χ2n) is 11.6. The Morgan fingerprint density at radius 1 is 0.795 bits per heavy atom. The van der Waals surface area contributed by atoms with Crippen molar-refractivity contribution in [2.75, 3.05) is 0 Å². The molecule has 0 aliphatic carbocycles. The number of carbonyl (C=O) groups is 2. The van der Waals surface area contributed by atoms with Gasteiger partial charge < -0.3 is 10.0 Å². The number of aliphatic hydroxyl groups excluding tert-OH is 1. The van der Waals surface area contributed by atoms with Gasteiger partial charge in [0, 0.05) is 11.8 Å². The van der Waals surface area contributed by atoms with Crippen LogP contribution in [-0.2, 0) is 26.0 Å². The monoisotopic (exact) mass is 602 g/mol. The van der Waals surface area contributed by atoms with Crippen LogP contribution in [-0.4, -0.2) is 40.1 Å². The van der Waals surface area contributed by atoms with Crippen molar-refractivity contribution in [3.63, 3.8) is 0 Å². The highest BCUT2D eigenvalue weighted by Gasteiger charge is 2.53. The molecule has 0 saturated carbocycles. The Labute approximate surface area is 255 Å². The number of aryl methyl sites for hydroxylation is 2. The molecule has 44 heavy (non-hydrogen) atoms. The molecule has 2 aliphatic heterocycles. The molecule has 3 heterocycles. The lowest BCUT2D eigenvalue weighted by atomic mass is 9.88. The van der Waals surface area contributed by atoms with Crippen molar-refractivity contribution < 1.29 is 23.1 Å². The maximum Gasteiger partial charge on any atom is 0.268 e. The fraction of sp³-hybridized carbons (Fsp3) is 0.167. The number of para-hydroxylation sites is 1. The Bertz CT molecular complexity index is 2120. The van der Waals surface area contributed by atoms with Crippen LogP contribution in [0.25, 0.3) is 22.0 Å². The van der Waals surface area contributed by atoms with Crippen molar-refractivity contribution in [3.05, 3.63) is 136 Å². The van der Waals surface area contributed by atoms with E-state index in [-0.39, 0.29) is 22.6 Å². The SMILES string of the molecule is C/C(O)=C1\C(=O)[C@@H]2Cc3c(n(S(=O)(=O)c4ccc(C)cc4)c4ccccc34)[C@@H](c3ccc(-c4ccc(C)cc4)cc3)N2C1=O. The lowest BCUT2D eigenvalue weighted by molar-refractivity contribution is -0.129. The van der Waals surface area contributed by atoms with E-state index >= 15 is 0 Å². The van der Waals surface area contributed by atoms with E-state index in [0.29, 0.717) is 27.7 Å². The van der Waals surface area contributed by atoms with Crippen molar-refractivity contribution in [2.24, 2.45) is 0 Å². The number of nitrogens with zero attached hydrogens (tertiary/aromatic N) is 2. The highest BCUT2D eigenvalue weighted by atomic mass is 32.2. The third-order valence-corrected chi connectivity index (χ3v) is 10.5. The van der Waals surface area contributed by atoms with Crippen LogP contribution in [0.5, 0.6) is 0 Å². The quantitative estimate of drug-likeness (QED) is 0.146. The Morgan fingerprint density at radius 3 is 1.98 bits per heavy atom. The summed E-state index contributed by atoms with van der Waals surface area (Å²) in [4.78, 5) is 29.1. The molecule has 0 radical (unpaired) electrons. The highest BCUT2D eigenvalue weighted by Crippen LogP contribution is 2.47. The molecular formula is C36H30N2O5S. The zero-order valence-electron chi connectivity index (χ0n) is 24.5. The normalized spacial score (nSPS) is 19.3. The van der Waals surface area contributed by atoms with Gasteiger partial charge in [-0.2, -0.15) is 0 Å². The zero-order valence-corrected chi connectivity index (χ0v) is 25.3. The molecule has 4 aromatic carbocycles. The van der Waals surface area contributed by atoms with Gasteiger partial charge in [0.25, 0.3) is 15.9 Å². The number of rotatable bonds is 4. The molecule has 7 rings (SSSR count). The third-order valence-electron chi connectivity index (χ3n) is 8.78. The maximum absolute atomic E-state index is 14.5. The second-order valence-corrected chi connectivity index (χ2v) is 13.4. The Morgan fingerprint density at radius 2 is 1.36 bits per heavy atom. The summed E-state index contributed by atoms with van der Waals surface area (Å²) in [5, 5.41) is 11.1. The van der Waals surface area contributed by atoms with Gasteiger partial charge >= 0.3 is 0 Å². The van der Waals surface area contributed by atoms with Gasteiger partial charge in [0.05, 0.1) is 22.1 Å². The van der Waals surface area contributed by atoms with E-state index in [1.165, 1.54) is 15.8 Å². The standard InChI is InChI=1S/C36H30N2O5S/c1-21-8-12-24(13-9-21)25-14-16-26(17-15-25)33-34-29(20-31-35(40)32(23(3)39)36(41)37(31)33)28-6-4-5-7-30(28)38(34)44(42,43)27-18-10-22(2)11-19-27/h4-19,31,33,39H,20H2,1-3H3/b32-23-/t31-,33+/m0/s1. The van der Waals surface area contributed by atoms with E-state index in [4.69, 9.17) is 0 Å². The summed E-state index contributed by atoms with van der Waals surface area (Å²) in [5.41, 5.74) is 6.07. The summed E-state index contributed by atoms with van der Waals surface area (Å²) in [6.45, 7) is 5.25. The van der Waals surface area contributed by atoms with E-state index in [1.807, 2.05) is 74.5 Å². The lowest BCUT2D eigenvalue weighted by Gasteiger charge is -2.38. The van der Waals surface area contributed by atoms with Crippen LogP contribution in [0.2, 0.25) is 0 Å². The topological polar surface area (TPSA) is 96.7 Å². The number of carbonyl (C=O) groups excluding carboxylic acids is 2. The van der Waals surface area contributed by atoms with Crippen LogP contribution in [0.15, 0.2) is 113 Å². The molecule has 0 bridgehead atoms. The molecule has 1 saturated heterocycles. The van der Waals surface area contributed by atoms with E-state index in [2.05, 4.69) is 0 Å². The molecule has 1 amide bonds. The number of fused-ring (bicyclic) bond motifs is 4. The van der Waals surface area contributed by atoms with Crippen molar-refractivity contribution in [2.45, 2.75) is 44.2 Å². The number of ketones is 1. The molecule has 5 aromatic rings. The lowest BCUT2D eigenvalue weighted by Crippen LogP contribution is -2.45. The largest absolute Gasteiger partial charge is 0.512 e. The van der Waals surface area contributed by atoms with Crippen LogP contribution >= 0.6 is 0 Å². The summed E-state index contributed by atoms with van der Waals surface area (Å²) in [6.07, 6.45) is 0.131. The molecule has 1 N–H and O–H groups in total. The summed E-state index contributed by atoms with van der Waals surface area (Å²) in [6, 6.07) is 28.0. The number of amides is 1. The van der Waals surface area contributed by atoms with Crippen LogP contribution in [0.3, 0.4) is 0 Å². The number of benzene rings is 4. The number of hydrogen-bond acceptors (Lipinski definition) is 5. The van der Waals surface area contributed by atoms with Crippen molar-refractivity contribution >= 4 is 32.6 Å². The first-order valence-electron chi connectivity index (χ1n) is 14.5. The van der Waals surface area contributed by atoms with Gasteiger partial charge in [-0.1, -0.05) is 90.0 Å². The number of aromatic nitrogens is 1. The molecule has 7 nitrogen and oxygen atoms in total. The molecule has 1 aromatic heterocycles. The molecule has 0 unspecified atom stereocenters. The van der Waals surface area contributed by atoms with Gasteiger partial charge in [-0.25, -0.2) is 12.4 Å². The zero-order chi connectivity index (χ0) is 30.9. The van der Waals surface area contributed by atoms with Crippen LogP contribution in [0, 0.1) is 13.8 Å². The third kappa shape index (κ3) is 4.12. The summed E-state index contributed by atoms with van der Waals surface area (Å²) >= 11 is 0. The van der Waals surface area contributed by atoms with Gasteiger partial charge in [0.15, 0.2) is 5.78 Å². The van der Waals surface area contributed by atoms with Crippen molar-refractivity contribution in [1.82, 2.24) is 8.87 Å². The first kappa shape index (κ1) is 27.9. The van der Waals surface area contributed by atoms with E-state index in [1.54, 1.807) is 36.4 Å². The number of allylic oxidation sites excluding steroid dienone is 1. The fourth-order valence-corrected chi connectivity index (χ4v) is 8.18. The second kappa shape index (κ2) is 10.1. The molecule has 220 valence electrons. The minimum absolute atomic E-state index is 0.123. The summed E-state index contributed by atoms with van der Waals surface area (Å²) in [7, 11) is -4.13. The van der Waals surface area contributed by atoms with Gasteiger partial charge in [-0.05, 0) is 61.2 Å². The fourth-order valence-electron chi connectivity index (χ4n) is 6.60. The Balaban J connectivity index is 1.51. The number of hydrogen-bond donors (Lipinski definition) is 1. The first-order chi connectivity index (χ1) is 21.1. The van der Waals surface area contributed by atoms with Crippen LogP contribution in [0.1, 0.15) is 40.9 Å². The smallest absolute Gasteiger partial charge is 0.268 e. The molecule has 1 fully saturated rings. The minimum Gasteiger partial charge on any atom is -0.512 e. The first-order valence-corrected chi connectivity index (χ1v) is 15.9. The van der Waals surface area contributed by atoms with Gasteiger partial charge in [-0.3, -0.25) is 9.59 Å². The average Bonchev–Trinajstić information content (AvgIpc) is 3.48. The van der Waals surface area contributed by atoms with E-state index in [0.717, 1.165) is 22.3 Å². The van der Waals surface area contributed by atoms with Gasteiger partial charge in [0.1, 0.15) is 17.4 Å².